The molecule has 5 heteroatoms. The number of nitrogens with zero attached hydrogens (tertiary/aromatic N) is 2. The number of rotatable bonds is 5. The summed E-state index contributed by atoms with van der Waals surface area (Å²) < 4.78 is 2.62. The molecule has 0 unspecified atom stereocenters. The topological polar surface area (TPSA) is 46.9 Å². The van der Waals surface area contributed by atoms with Gasteiger partial charge in [0, 0.05) is 12.6 Å². The lowest BCUT2D eigenvalue weighted by Gasteiger charge is -2.03. The number of amides is 1. The predicted octanol–water partition coefficient (Wildman–Crippen LogP) is 3.74. The van der Waals surface area contributed by atoms with Crippen molar-refractivity contribution < 1.29 is 4.79 Å². The highest BCUT2D eigenvalue weighted by molar-refractivity contribution is 9.10. The average molecular weight is 336 g/mol. The molecule has 2 aromatic rings. The van der Waals surface area contributed by atoms with Crippen LogP contribution in [0.1, 0.15) is 30.9 Å². The van der Waals surface area contributed by atoms with Crippen LogP contribution in [0.25, 0.3) is 0 Å². The van der Waals surface area contributed by atoms with Gasteiger partial charge in [0.15, 0.2) is 5.82 Å². The first kappa shape index (κ1) is 14.8. The number of carbonyl (C=O) groups is 1. The maximum Gasteiger partial charge on any atom is 0.225 e. The number of benzene rings is 1. The Kier molecular flexibility index (Phi) is 4.95. The molecule has 0 atom stereocenters. The smallest absolute Gasteiger partial charge is 0.225 e. The molecule has 106 valence electrons. The van der Waals surface area contributed by atoms with Crippen LogP contribution in [-0.2, 0) is 11.3 Å². The number of halogens is 1. The van der Waals surface area contributed by atoms with Crippen LogP contribution >= 0.6 is 15.9 Å². The van der Waals surface area contributed by atoms with E-state index in [9.17, 15) is 4.79 Å². The zero-order valence-corrected chi connectivity index (χ0v) is 13.3. The fourth-order valence-electron chi connectivity index (χ4n) is 1.86. The SMILES string of the molecule is CCCC(=O)Nc1nn(Cc2ccc(C)cc2)cc1Br. The summed E-state index contributed by atoms with van der Waals surface area (Å²) in [6.45, 7) is 4.72. The van der Waals surface area contributed by atoms with E-state index >= 15 is 0 Å². The van der Waals surface area contributed by atoms with Gasteiger partial charge in [-0.25, -0.2) is 0 Å². The first-order chi connectivity index (χ1) is 9.58. The van der Waals surface area contributed by atoms with Crippen molar-refractivity contribution in [1.82, 2.24) is 9.78 Å². The van der Waals surface area contributed by atoms with Crippen LogP contribution in [-0.4, -0.2) is 15.7 Å². The Morgan fingerprint density at radius 3 is 2.70 bits per heavy atom. The molecule has 0 saturated heterocycles. The fraction of sp³-hybridized carbons (Fsp3) is 0.333. The van der Waals surface area contributed by atoms with Gasteiger partial charge in [0.1, 0.15) is 0 Å². The lowest BCUT2D eigenvalue weighted by molar-refractivity contribution is -0.116. The van der Waals surface area contributed by atoms with Gasteiger partial charge in [-0.2, -0.15) is 5.10 Å². The highest BCUT2D eigenvalue weighted by atomic mass is 79.9. The van der Waals surface area contributed by atoms with Crippen LogP contribution in [0.3, 0.4) is 0 Å². The molecular weight excluding hydrogens is 318 g/mol. The van der Waals surface area contributed by atoms with Gasteiger partial charge in [-0.05, 0) is 34.8 Å². The third-order valence-corrected chi connectivity index (χ3v) is 3.50. The zero-order chi connectivity index (χ0) is 14.5. The van der Waals surface area contributed by atoms with Crippen molar-refractivity contribution in [1.29, 1.82) is 0 Å². The van der Waals surface area contributed by atoms with Crippen molar-refractivity contribution in [2.45, 2.75) is 33.2 Å². The molecule has 0 spiro atoms. The number of anilines is 1. The van der Waals surface area contributed by atoms with E-state index in [2.05, 4.69) is 57.5 Å². The molecule has 0 saturated carbocycles. The summed E-state index contributed by atoms with van der Waals surface area (Å²) in [5.74, 6) is 0.573. The van der Waals surface area contributed by atoms with Crippen LogP contribution in [0.5, 0.6) is 0 Å². The van der Waals surface area contributed by atoms with Gasteiger partial charge >= 0.3 is 0 Å². The summed E-state index contributed by atoms with van der Waals surface area (Å²) in [6, 6.07) is 8.33. The molecule has 1 aromatic carbocycles. The largest absolute Gasteiger partial charge is 0.308 e. The summed E-state index contributed by atoms with van der Waals surface area (Å²) in [7, 11) is 0. The van der Waals surface area contributed by atoms with Gasteiger partial charge in [-0.15, -0.1) is 0 Å². The number of carbonyl (C=O) groups excluding carboxylic acids is 1. The number of aryl methyl sites for hydroxylation is 1. The molecule has 1 heterocycles. The summed E-state index contributed by atoms with van der Waals surface area (Å²) in [4.78, 5) is 11.6. The first-order valence-electron chi connectivity index (χ1n) is 6.67. The van der Waals surface area contributed by atoms with E-state index in [0.717, 1.165) is 10.9 Å². The van der Waals surface area contributed by atoms with E-state index < -0.39 is 0 Å². The lowest BCUT2D eigenvalue weighted by atomic mass is 10.1. The van der Waals surface area contributed by atoms with E-state index in [1.807, 2.05) is 17.8 Å². The van der Waals surface area contributed by atoms with Crippen LogP contribution in [0.4, 0.5) is 5.82 Å². The molecule has 0 aliphatic rings. The second-order valence-corrected chi connectivity index (χ2v) is 5.66. The second kappa shape index (κ2) is 6.70. The average Bonchev–Trinajstić information content (AvgIpc) is 2.73. The molecule has 1 aromatic heterocycles. The quantitative estimate of drug-likeness (QED) is 0.904. The molecule has 1 amide bonds. The highest BCUT2D eigenvalue weighted by Crippen LogP contribution is 2.21. The van der Waals surface area contributed by atoms with Gasteiger partial charge in [-0.1, -0.05) is 36.8 Å². The van der Waals surface area contributed by atoms with E-state index in [1.54, 1.807) is 0 Å². The normalized spacial score (nSPS) is 10.6. The van der Waals surface area contributed by atoms with Crippen LogP contribution in [0, 0.1) is 6.92 Å². The van der Waals surface area contributed by atoms with Gasteiger partial charge in [0.2, 0.25) is 5.91 Å². The van der Waals surface area contributed by atoms with Gasteiger partial charge in [0.05, 0.1) is 11.0 Å². The number of hydrogen-bond donors (Lipinski definition) is 1. The van der Waals surface area contributed by atoms with Gasteiger partial charge < -0.3 is 5.32 Å². The summed E-state index contributed by atoms with van der Waals surface area (Å²) >= 11 is 3.42. The van der Waals surface area contributed by atoms with Crippen molar-refractivity contribution in [2.75, 3.05) is 5.32 Å². The minimum atomic E-state index is -0.00575. The molecule has 2 rings (SSSR count). The summed E-state index contributed by atoms with van der Waals surface area (Å²) in [6.07, 6.45) is 3.21. The Balaban J connectivity index is 2.06. The van der Waals surface area contributed by atoms with Crippen molar-refractivity contribution in [3.8, 4) is 0 Å². The van der Waals surface area contributed by atoms with Crippen LogP contribution in [0.2, 0.25) is 0 Å². The Morgan fingerprint density at radius 1 is 1.35 bits per heavy atom. The highest BCUT2D eigenvalue weighted by Gasteiger charge is 2.09. The molecule has 4 nitrogen and oxygen atoms in total. The van der Waals surface area contributed by atoms with E-state index in [-0.39, 0.29) is 5.91 Å². The van der Waals surface area contributed by atoms with Crippen molar-refractivity contribution in [2.24, 2.45) is 0 Å². The second-order valence-electron chi connectivity index (χ2n) is 4.81. The standard InChI is InChI=1S/C15H18BrN3O/c1-3-4-14(20)17-15-13(16)10-19(18-15)9-12-7-5-11(2)6-8-12/h5-8,10H,3-4,9H2,1-2H3,(H,17,18,20). The molecular formula is C15H18BrN3O. The van der Waals surface area contributed by atoms with Crippen LogP contribution < -0.4 is 5.32 Å². The van der Waals surface area contributed by atoms with E-state index in [4.69, 9.17) is 0 Å². The lowest BCUT2D eigenvalue weighted by Crippen LogP contribution is -2.12. The Morgan fingerprint density at radius 2 is 2.05 bits per heavy atom. The maximum atomic E-state index is 11.6. The molecule has 0 aliphatic heterocycles. The monoisotopic (exact) mass is 335 g/mol. The summed E-state index contributed by atoms with van der Waals surface area (Å²) in [5.41, 5.74) is 2.42. The Bertz CT molecular complexity index is 590. The Labute approximate surface area is 127 Å². The first-order valence-corrected chi connectivity index (χ1v) is 7.46. The number of aromatic nitrogens is 2. The van der Waals surface area contributed by atoms with E-state index in [1.165, 1.54) is 11.1 Å². The maximum absolute atomic E-state index is 11.6. The number of hydrogen-bond acceptors (Lipinski definition) is 2. The summed E-state index contributed by atoms with van der Waals surface area (Å²) in [5, 5.41) is 7.20. The predicted molar refractivity (Wildman–Crippen MR) is 83.7 cm³/mol. The minimum absolute atomic E-state index is 0.00575. The van der Waals surface area contributed by atoms with Crippen molar-refractivity contribution in [3.05, 3.63) is 46.1 Å². The van der Waals surface area contributed by atoms with E-state index in [0.29, 0.717) is 18.8 Å². The van der Waals surface area contributed by atoms with Crippen LogP contribution in [0.15, 0.2) is 34.9 Å². The van der Waals surface area contributed by atoms with Crippen molar-refractivity contribution in [3.63, 3.8) is 0 Å². The molecule has 0 bridgehead atoms. The van der Waals surface area contributed by atoms with Gasteiger partial charge in [0.25, 0.3) is 0 Å². The third kappa shape index (κ3) is 3.93. The molecule has 0 fully saturated rings. The number of nitrogens with one attached hydrogen (secondary N) is 1. The van der Waals surface area contributed by atoms with Gasteiger partial charge in [-0.3, -0.25) is 9.48 Å². The molecule has 0 aliphatic carbocycles. The minimum Gasteiger partial charge on any atom is -0.308 e. The van der Waals surface area contributed by atoms with Crippen molar-refractivity contribution >= 4 is 27.7 Å². The third-order valence-electron chi connectivity index (χ3n) is 2.92. The molecule has 1 N–H and O–H groups in total. The molecule has 0 radical (unpaired) electrons. The zero-order valence-electron chi connectivity index (χ0n) is 11.7. The Hall–Kier alpha value is -1.62. The fourth-order valence-corrected chi connectivity index (χ4v) is 2.28. The molecule has 20 heavy (non-hydrogen) atoms.